The maximum Gasteiger partial charge on any atom is 1.00 e. The summed E-state index contributed by atoms with van der Waals surface area (Å²) in [5.41, 5.74) is -0.209. The van der Waals surface area contributed by atoms with Gasteiger partial charge < -0.3 is 10.4 Å². The summed E-state index contributed by atoms with van der Waals surface area (Å²) in [6.07, 6.45) is 16.7. The van der Waals surface area contributed by atoms with Gasteiger partial charge in [0.25, 0.3) is 5.56 Å². The van der Waals surface area contributed by atoms with Crippen molar-refractivity contribution in [2.45, 2.75) is 108 Å². The average molecular weight is 502 g/mol. The van der Waals surface area contributed by atoms with E-state index in [4.69, 9.17) is 5.84 Å². The minimum absolute atomic E-state index is 0. The number of para-hydroxylation sites is 1. The van der Waals surface area contributed by atoms with Gasteiger partial charge in [-0.3, -0.25) is 4.79 Å². The van der Waals surface area contributed by atoms with Crippen molar-refractivity contribution in [1.82, 2.24) is 9.66 Å². The van der Waals surface area contributed by atoms with Crippen molar-refractivity contribution in [3.05, 3.63) is 40.4 Å². The summed E-state index contributed by atoms with van der Waals surface area (Å²) in [6.45, 7) is 2.24. The molecule has 34 heavy (non-hydrogen) atoms. The second-order valence-electron chi connectivity index (χ2n) is 9.03. The Bertz CT molecular complexity index is 1010. The molecule has 0 bridgehead atoms. The van der Waals surface area contributed by atoms with Crippen LogP contribution < -0.4 is 41.0 Å². The van der Waals surface area contributed by atoms with E-state index in [0.717, 1.165) is 19.3 Å². The third-order valence-corrected chi connectivity index (χ3v) is 7.43. The standard InChI is InChI=1S/C25H41N3O4S.Na/c1-2-3-4-5-6-7-8-9-10-11-12-13-14-15-20-23(33(30,31)32)24-27-22-19-17-16-18-21(22)25(29)28(24)26;/h16-19,23H,2-15,20,26H2,1H3,(H,30,31,32);/q;+1/p-1. The molecule has 0 amide bonds. The first-order chi connectivity index (χ1) is 15.9. The third kappa shape index (κ3) is 10.4. The fraction of sp³-hybridized carbons (Fsp3) is 0.680. The minimum atomic E-state index is -4.70. The summed E-state index contributed by atoms with van der Waals surface area (Å²) in [7, 11) is -4.70. The molecule has 0 spiro atoms. The maximum atomic E-state index is 12.5. The normalized spacial score (nSPS) is 12.5. The van der Waals surface area contributed by atoms with Gasteiger partial charge in [0.1, 0.15) is 21.2 Å². The summed E-state index contributed by atoms with van der Waals surface area (Å²) < 4.78 is 36.5. The molecule has 0 radical (unpaired) electrons. The first-order valence-corrected chi connectivity index (χ1v) is 14.0. The van der Waals surface area contributed by atoms with Gasteiger partial charge in [0, 0.05) is 0 Å². The van der Waals surface area contributed by atoms with Gasteiger partial charge in [-0.15, -0.1) is 0 Å². The first-order valence-electron chi connectivity index (χ1n) is 12.6. The number of unbranched alkanes of at least 4 members (excludes halogenated alkanes) is 13. The average Bonchev–Trinajstić information content (AvgIpc) is 2.78. The van der Waals surface area contributed by atoms with Crippen LogP contribution in [0.2, 0.25) is 0 Å². The van der Waals surface area contributed by atoms with E-state index in [-0.39, 0.29) is 41.8 Å². The number of rotatable bonds is 17. The Hall–Kier alpha value is -0.930. The minimum Gasteiger partial charge on any atom is -0.747 e. The Morgan fingerprint density at radius 1 is 0.882 bits per heavy atom. The van der Waals surface area contributed by atoms with Crippen LogP contribution in [0.1, 0.15) is 114 Å². The fourth-order valence-electron chi connectivity index (χ4n) is 4.32. The zero-order valence-electron chi connectivity index (χ0n) is 21.0. The molecule has 1 atom stereocenters. The van der Waals surface area contributed by atoms with Crippen LogP contribution in [0, 0.1) is 0 Å². The molecular formula is C25H40N3NaO4S. The topological polar surface area (TPSA) is 118 Å². The van der Waals surface area contributed by atoms with Crippen molar-refractivity contribution in [2.75, 3.05) is 5.84 Å². The van der Waals surface area contributed by atoms with Crippen molar-refractivity contribution >= 4 is 21.0 Å². The number of nitrogens with two attached hydrogens (primary N) is 1. The molecule has 9 heteroatoms. The van der Waals surface area contributed by atoms with E-state index in [2.05, 4.69) is 11.9 Å². The van der Waals surface area contributed by atoms with Crippen molar-refractivity contribution in [2.24, 2.45) is 0 Å². The van der Waals surface area contributed by atoms with E-state index in [9.17, 15) is 17.8 Å². The number of benzene rings is 1. The van der Waals surface area contributed by atoms with Crippen LogP contribution in [-0.2, 0) is 10.1 Å². The van der Waals surface area contributed by atoms with E-state index in [0.29, 0.717) is 22.0 Å². The van der Waals surface area contributed by atoms with E-state index in [1.54, 1.807) is 24.3 Å². The van der Waals surface area contributed by atoms with E-state index >= 15 is 0 Å². The number of nitrogen functional groups attached to an aromatic ring is 1. The second kappa shape index (κ2) is 16.7. The Morgan fingerprint density at radius 3 is 1.85 bits per heavy atom. The predicted molar refractivity (Wildman–Crippen MR) is 134 cm³/mol. The van der Waals surface area contributed by atoms with Gasteiger partial charge >= 0.3 is 29.6 Å². The molecular weight excluding hydrogens is 461 g/mol. The molecule has 0 saturated heterocycles. The van der Waals surface area contributed by atoms with E-state index < -0.39 is 20.9 Å². The number of nitrogens with zero attached hydrogens (tertiary/aromatic N) is 2. The summed E-state index contributed by atoms with van der Waals surface area (Å²) in [4.78, 5) is 16.7. The van der Waals surface area contributed by atoms with Crippen LogP contribution in [0.4, 0.5) is 0 Å². The molecule has 2 N–H and O–H groups in total. The van der Waals surface area contributed by atoms with Crippen molar-refractivity contribution < 1.29 is 42.5 Å². The molecule has 2 aromatic rings. The summed E-state index contributed by atoms with van der Waals surface area (Å²) >= 11 is 0. The molecule has 0 aliphatic heterocycles. The van der Waals surface area contributed by atoms with Crippen LogP contribution in [0.5, 0.6) is 0 Å². The van der Waals surface area contributed by atoms with Gasteiger partial charge in [0.2, 0.25) is 0 Å². The van der Waals surface area contributed by atoms with Crippen LogP contribution in [0.25, 0.3) is 10.9 Å². The quantitative estimate of drug-likeness (QED) is 0.154. The molecule has 1 unspecified atom stereocenters. The third-order valence-electron chi connectivity index (χ3n) is 6.29. The van der Waals surface area contributed by atoms with Crippen molar-refractivity contribution in [3.63, 3.8) is 0 Å². The Balaban J connectivity index is 0.00000578. The first kappa shape index (κ1) is 31.1. The monoisotopic (exact) mass is 501 g/mol. The van der Waals surface area contributed by atoms with Gasteiger partial charge in [0.05, 0.1) is 10.9 Å². The van der Waals surface area contributed by atoms with E-state index in [1.165, 1.54) is 64.2 Å². The largest absolute Gasteiger partial charge is 1.00 e. The molecule has 7 nitrogen and oxygen atoms in total. The molecule has 0 fully saturated rings. The Morgan fingerprint density at radius 2 is 1.35 bits per heavy atom. The molecule has 1 aromatic carbocycles. The van der Waals surface area contributed by atoms with E-state index in [1.807, 2.05) is 0 Å². The number of hydrogen-bond donors (Lipinski definition) is 1. The second-order valence-corrected chi connectivity index (χ2v) is 10.6. The zero-order valence-corrected chi connectivity index (χ0v) is 23.8. The summed E-state index contributed by atoms with van der Waals surface area (Å²) in [6, 6.07) is 6.57. The van der Waals surface area contributed by atoms with Crippen molar-refractivity contribution in [3.8, 4) is 0 Å². The fourth-order valence-corrected chi connectivity index (χ4v) is 5.20. The summed E-state index contributed by atoms with van der Waals surface area (Å²) in [5.74, 6) is 5.66. The van der Waals surface area contributed by atoms with Crippen LogP contribution >= 0.6 is 0 Å². The zero-order chi connectivity index (χ0) is 24.1. The van der Waals surface area contributed by atoms with Crippen LogP contribution in [0.3, 0.4) is 0 Å². The van der Waals surface area contributed by atoms with Gasteiger partial charge in [-0.25, -0.2) is 18.1 Å². The molecule has 2 rings (SSSR count). The van der Waals surface area contributed by atoms with Crippen LogP contribution in [0.15, 0.2) is 29.1 Å². The predicted octanol–water partition coefficient (Wildman–Crippen LogP) is 2.57. The Kier molecular flexibility index (Phi) is 15.3. The van der Waals surface area contributed by atoms with Crippen LogP contribution in [-0.4, -0.2) is 22.6 Å². The molecule has 186 valence electrons. The SMILES string of the molecule is CCCCCCCCCCCCCCCCC(c1nc2ccccc2c(=O)n1N)S(=O)(=O)[O-].[Na+]. The molecule has 0 aliphatic rings. The smallest absolute Gasteiger partial charge is 0.747 e. The molecule has 0 saturated carbocycles. The maximum absolute atomic E-state index is 12.5. The molecule has 1 aromatic heterocycles. The number of aromatic nitrogens is 2. The van der Waals surface area contributed by atoms with Gasteiger partial charge in [-0.1, -0.05) is 109 Å². The molecule has 1 heterocycles. The number of fused-ring (bicyclic) bond motifs is 1. The van der Waals surface area contributed by atoms with Gasteiger partial charge in [-0.2, -0.15) is 0 Å². The Labute approximate surface area is 226 Å². The van der Waals surface area contributed by atoms with Gasteiger partial charge in [-0.05, 0) is 18.6 Å². The molecule has 0 aliphatic carbocycles. The van der Waals surface area contributed by atoms with Gasteiger partial charge in [0.15, 0.2) is 0 Å². The summed E-state index contributed by atoms with van der Waals surface area (Å²) in [5, 5.41) is -1.13. The number of hydrogen-bond acceptors (Lipinski definition) is 6. The van der Waals surface area contributed by atoms with Crippen molar-refractivity contribution in [1.29, 1.82) is 0 Å².